The number of carbonyl (C=O) groups excluding carboxylic acids is 1. The molecule has 0 spiro atoms. The Morgan fingerprint density at radius 1 is 1.50 bits per heavy atom. The molecule has 12 heavy (non-hydrogen) atoms. The Hall–Kier alpha value is -1.04. The second-order valence-corrected chi connectivity index (χ2v) is 1.80. The van der Waals surface area contributed by atoms with Crippen molar-refractivity contribution in [2.45, 2.75) is 6.18 Å². The third-order valence-electron chi connectivity index (χ3n) is 1.01. The van der Waals surface area contributed by atoms with Crippen LogP contribution in [0.4, 0.5) is 13.2 Å². The molecule has 0 aliphatic rings. The van der Waals surface area contributed by atoms with Gasteiger partial charge in [0.25, 0.3) is 0 Å². The summed E-state index contributed by atoms with van der Waals surface area (Å²) in [4.78, 5) is 14.8. The van der Waals surface area contributed by atoms with Crippen molar-refractivity contribution in [3.63, 3.8) is 0 Å². The number of hydrogen-bond acceptors (Lipinski definition) is 2. The molecule has 0 saturated carbocycles. The van der Waals surface area contributed by atoms with Crippen LogP contribution in [0.3, 0.4) is 0 Å². The molecule has 0 saturated heterocycles. The van der Waals surface area contributed by atoms with Crippen molar-refractivity contribution in [2.24, 2.45) is 0 Å². The monoisotopic (exact) mass is 200 g/mol. The van der Waals surface area contributed by atoms with E-state index in [-0.39, 0.29) is 24.5 Å². The first-order valence-electron chi connectivity index (χ1n) is 2.61. The van der Waals surface area contributed by atoms with Crippen molar-refractivity contribution in [2.75, 3.05) is 0 Å². The number of nitrogens with one attached hydrogen (secondary N) is 1. The molecule has 0 aliphatic heterocycles. The van der Waals surface area contributed by atoms with Gasteiger partial charge in [0.1, 0.15) is 5.69 Å². The van der Waals surface area contributed by atoms with E-state index < -0.39 is 11.9 Å². The molecule has 0 amide bonds. The molecule has 3 nitrogen and oxygen atoms in total. The van der Waals surface area contributed by atoms with Crippen molar-refractivity contribution in [3.8, 4) is 0 Å². The zero-order chi connectivity index (χ0) is 8.48. The number of H-pyrrole nitrogens is 1. The summed E-state index contributed by atoms with van der Waals surface area (Å²) in [5.41, 5.74) is -1.01. The maximum Gasteiger partial charge on any atom is 0.432 e. The lowest BCUT2D eigenvalue weighted by Gasteiger charge is -1.99. The summed E-state index contributed by atoms with van der Waals surface area (Å²) in [6, 6.07) is 0. The van der Waals surface area contributed by atoms with Crippen LogP contribution in [0.1, 0.15) is 16.3 Å². The smallest absolute Gasteiger partial charge is 0.332 e. The van der Waals surface area contributed by atoms with Gasteiger partial charge in [0.2, 0.25) is 0 Å². The van der Waals surface area contributed by atoms with E-state index in [1.54, 1.807) is 4.98 Å². The van der Waals surface area contributed by atoms with E-state index in [2.05, 4.69) is 4.98 Å². The predicted octanol–water partition coefficient (Wildman–Crippen LogP) is 1.66. The normalized spacial score (nSPS) is 10.6. The van der Waals surface area contributed by atoms with Crippen molar-refractivity contribution in [1.82, 2.24) is 9.97 Å². The second kappa shape index (κ2) is 3.57. The number of alkyl halides is 3. The summed E-state index contributed by atoms with van der Waals surface area (Å²) in [6.45, 7) is 0. The Balaban J connectivity index is 0.00000121. The number of rotatable bonds is 1. The highest BCUT2D eigenvalue weighted by molar-refractivity contribution is 5.85. The minimum atomic E-state index is -4.46. The zero-order valence-electron chi connectivity index (χ0n) is 5.55. The van der Waals surface area contributed by atoms with Crippen LogP contribution in [-0.4, -0.2) is 16.3 Å². The van der Waals surface area contributed by atoms with Crippen LogP contribution in [0, 0.1) is 0 Å². The number of carbonyl (C=O) groups is 1. The van der Waals surface area contributed by atoms with E-state index in [0.717, 1.165) is 0 Å². The van der Waals surface area contributed by atoms with Gasteiger partial charge in [-0.15, -0.1) is 12.4 Å². The fraction of sp³-hybridized carbons (Fsp3) is 0.200. The van der Waals surface area contributed by atoms with Gasteiger partial charge in [-0.05, 0) is 0 Å². The molecule has 0 atom stereocenters. The number of hydrogen-bond donors (Lipinski definition) is 1. The standard InChI is InChI=1S/C5H3F3N2O.ClH/c6-5(7,8)3-1-9-4(2-11)10-3;/h1-2H,(H,9,10);1H. The van der Waals surface area contributed by atoms with E-state index in [4.69, 9.17) is 0 Å². The van der Waals surface area contributed by atoms with E-state index in [9.17, 15) is 18.0 Å². The third kappa shape index (κ3) is 2.23. The molecule has 0 fully saturated rings. The summed E-state index contributed by atoms with van der Waals surface area (Å²) >= 11 is 0. The minimum absolute atomic E-state index is 0. The molecule has 1 N–H and O–H groups in total. The van der Waals surface area contributed by atoms with Crippen LogP contribution in [0.2, 0.25) is 0 Å². The molecule has 7 heteroatoms. The Labute approximate surface area is 71.4 Å². The molecular weight excluding hydrogens is 197 g/mol. The van der Waals surface area contributed by atoms with Crippen LogP contribution in [0.25, 0.3) is 0 Å². The first-order chi connectivity index (χ1) is 5.04. The maximum atomic E-state index is 11.8. The largest absolute Gasteiger partial charge is 0.432 e. The topological polar surface area (TPSA) is 45.8 Å². The van der Waals surface area contributed by atoms with Crippen molar-refractivity contribution >= 4 is 18.7 Å². The molecule has 1 rings (SSSR count). The molecule has 0 unspecified atom stereocenters. The Bertz CT molecular complexity index is 270. The Morgan fingerprint density at radius 2 is 2.08 bits per heavy atom. The van der Waals surface area contributed by atoms with E-state index in [0.29, 0.717) is 6.20 Å². The second-order valence-electron chi connectivity index (χ2n) is 1.80. The van der Waals surface area contributed by atoms with E-state index >= 15 is 0 Å². The third-order valence-corrected chi connectivity index (χ3v) is 1.01. The SMILES string of the molecule is Cl.O=Cc1ncc(C(F)(F)F)[nH]1. The van der Waals surface area contributed by atoms with Gasteiger partial charge in [-0.3, -0.25) is 4.79 Å². The van der Waals surface area contributed by atoms with Crippen molar-refractivity contribution < 1.29 is 18.0 Å². The van der Waals surface area contributed by atoms with E-state index in [1.165, 1.54) is 0 Å². The fourth-order valence-corrected chi connectivity index (χ4v) is 0.541. The summed E-state index contributed by atoms with van der Waals surface area (Å²) in [5, 5.41) is 0. The number of aldehydes is 1. The molecule has 0 aliphatic carbocycles. The molecular formula is C5H4ClF3N2O. The van der Waals surface area contributed by atoms with Crippen LogP contribution < -0.4 is 0 Å². The first kappa shape index (κ1) is 11.0. The van der Waals surface area contributed by atoms with Gasteiger partial charge >= 0.3 is 6.18 Å². The summed E-state index contributed by atoms with van der Waals surface area (Å²) < 4.78 is 35.3. The Morgan fingerprint density at radius 3 is 2.33 bits per heavy atom. The number of halogens is 4. The summed E-state index contributed by atoms with van der Waals surface area (Å²) in [7, 11) is 0. The molecule has 1 heterocycles. The summed E-state index contributed by atoms with van der Waals surface area (Å²) in [6.07, 6.45) is -3.67. The van der Waals surface area contributed by atoms with Gasteiger partial charge in [-0.25, -0.2) is 4.98 Å². The maximum absolute atomic E-state index is 11.8. The van der Waals surface area contributed by atoms with Gasteiger partial charge in [-0.2, -0.15) is 13.2 Å². The molecule has 68 valence electrons. The Kier molecular flexibility index (Phi) is 3.26. The van der Waals surface area contributed by atoms with Crippen LogP contribution in [0.15, 0.2) is 6.20 Å². The van der Waals surface area contributed by atoms with Crippen LogP contribution in [0.5, 0.6) is 0 Å². The molecule has 0 aromatic carbocycles. The average Bonchev–Trinajstić information content (AvgIpc) is 2.32. The van der Waals surface area contributed by atoms with Gasteiger partial charge in [0.05, 0.1) is 6.20 Å². The quantitative estimate of drug-likeness (QED) is 0.701. The van der Waals surface area contributed by atoms with Gasteiger partial charge in [0, 0.05) is 0 Å². The number of nitrogens with zero attached hydrogens (tertiary/aromatic N) is 1. The highest BCUT2D eigenvalue weighted by Crippen LogP contribution is 2.26. The first-order valence-corrected chi connectivity index (χ1v) is 2.61. The fourth-order valence-electron chi connectivity index (χ4n) is 0.541. The molecule has 0 bridgehead atoms. The minimum Gasteiger partial charge on any atom is -0.332 e. The predicted molar refractivity (Wildman–Crippen MR) is 36.2 cm³/mol. The van der Waals surface area contributed by atoms with Crippen molar-refractivity contribution in [3.05, 3.63) is 17.7 Å². The molecule has 0 radical (unpaired) electrons. The van der Waals surface area contributed by atoms with E-state index in [1.807, 2.05) is 0 Å². The van der Waals surface area contributed by atoms with Crippen LogP contribution in [-0.2, 0) is 6.18 Å². The van der Waals surface area contributed by atoms with Gasteiger partial charge < -0.3 is 4.98 Å². The number of aromatic nitrogens is 2. The van der Waals surface area contributed by atoms with Gasteiger partial charge in [-0.1, -0.05) is 0 Å². The van der Waals surface area contributed by atoms with Crippen molar-refractivity contribution in [1.29, 1.82) is 0 Å². The highest BCUT2D eigenvalue weighted by atomic mass is 35.5. The lowest BCUT2D eigenvalue weighted by atomic mass is 10.5. The van der Waals surface area contributed by atoms with Crippen LogP contribution >= 0.6 is 12.4 Å². The highest BCUT2D eigenvalue weighted by Gasteiger charge is 2.32. The lowest BCUT2D eigenvalue weighted by molar-refractivity contribution is -0.140. The number of imidazole rings is 1. The molecule has 1 aromatic rings. The average molecular weight is 201 g/mol. The number of aromatic amines is 1. The van der Waals surface area contributed by atoms with Gasteiger partial charge in [0.15, 0.2) is 12.1 Å². The zero-order valence-corrected chi connectivity index (χ0v) is 6.37. The molecule has 1 aromatic heterocycles. The summed E-state index contributed by atoms with van der Waals surface area (Å²) in [5.74, 6) is -0.322. The lowest BCUT2D eigenvalue weighted by Crippen LogP contribution is -2.05.